The number of hydrogen-bond donors (Lipinski definition) is 1. The standard InChI is InChI=1S/C18H26N2O/c1-13(2)19-16-10-4-3-9-15(16)18(21)20-12-6-8-14-7-5-11-17(14)20/h3-4,9-10,13-14,17,19H,5-8,11-12H2,1-2H3. The number of likely N-dealkylation sites (tertiary alicyclic amines) is 1. The van der Waals surface area contributed by atoms with Crippen molar-refractivity contribution in [3.05, 3.63) is 29.8 Å². The van der Waals surface area contributed by atoms with Crippen LogP contribution >= 0.6 is 0 Å². The van der Waals surface area contributed by atoms with Crippen LogP contribution in [0.1, 0.15) is 56.3 Å². The number of carbonyl (C=O) groups is 1. The van der Waals surface area contributed by atoms with E-state index in [0.717, 1.165) is 30.1 Å². The average molecular weight is 286 g/mol. The molecule has 2 atom stereocenters. The molecule has 0 spiro atoms. The Hall–Kier alpha value is -1.51. The Morgan fingerprint density at radius 2 is 1.95 bits per heavy atom. The van der Waals surface area contributed by atoms with Gasteiger partial charge in [0.05, 0.1) is 5.56 Å². The molecule has 2 fully saturated rings. The summed E-state index contributed by atoms with van der Waals surface area (Å²) in [5.74, 6) is 0.961. The lowest BCUT2D eigenvalue weighted by Crippen LogP contribution is -2.46. The molecule has 114 valence electrons. The predicted octanol–water partition coefficient (Wildman–Crippen LogP) is 3.91. The molecule has 1 N–H and O–H groups in total. The number of fused-ring (bicyclic) bond motifs is 1. The molecule has 3 heteroatoms. The van der Waals surface area contributed by atoms with Gasteiger partial charge in [0, 0.05) is 24.3 Å². The van der Waals surface area contributed by atoms with E-state index < -0.39 is 0 Å². The minimum atomic E-state index is 0.218. The molecule has 3 rings (SSSR count). The van der Waals surface area contributed by atoms with Gasteiger partial charge in [0.1, 0.15) is 0 Å². The van der Waals surface area contributed by atoms with Crippen molar-refractivity contribution in [2.24, 2.45) is 5.92 Å². The molecule has 21 heavy (non-hydrogen) atoms. The van der Waals surface area contributed by atoms with Gasteiger partial charge in [-0.3, -0.25) is 4.79 Å². The molecule has 3 nitrogen and oxygen atoms in total. The minimum Gasteiger partial charge on any atom is -0.382 e. The molecule has 1 aliphatic carbocycles. The fourth-order valence-electron chi connectivity index (χ4n) is 3.97. The predicted molar refractivity (Wildman–Crippen MR) is 86.6 cm³/mol. The highest BCUT2D eigenvalue weighted by Gasteiger charge is 2.37. The number of anilines is 1. The Morgan fingerprint density at radius 3 is 2.76 bits per heavy atom. The zero-order chi connectivity index (χ0) is 14.8. The van der Waals surface area contributed by atoms with Crippen LogP contribution < -0.4 is 5.32 Å². The van der Waals surface area contributed by atoms with Gasteiger partial charge in [-0.25, -0.2) is 0 Å². The van der Waals surface area contributed by atoms with Crippen molar-refractivity contribution in [3.63, 3.8) is 0 Å². The van der Waals surface area contributed by atoms with Gasteiger partial charge in [0.2, 0.25) is 0 Å². The van der Waals surface area contributed by atoms with Crippen LogP contribution in [0.5, 0.6) is 0 Å². The largest absolute Gasteiger partial charge is 0.382 e. The molecule has 1 aromatic rings. The van der Waals surface area contributed by atoms with E-state index in [-0.39, 0.29) is 5.91 Å². The van der Waals surface area contributed by atoms with E-state index in [1.54, 1.807) is 0 Å². The number of rotatable bonds is 3. The van der Waals surface area contributed by atoms with Crippen molar-refractivity contribution in [2.45, 2.75) is 58.0 Å². The molecule has 0 bridgehead atoms. The number of benzene rings is 1. The molecule has 1 saturated carbocycles. The summed E-state index contributed by atoms with van der Waals surface area (Å²) in [7, 11) is 0. The Bertz CT molecular complexity index is 512. The first-order valence-corrected chi connectivity index (χ1v) is 8.33. The fraction of sp³-hybridized carbons (Fsp3) is 0.611. The highest BCUT2D eigenvalue weighted by atomic mass is 16.2. The summed E-state index contributed by atoms with van der Waals surface area (Å²) in [5, 5.41) is 3.41. The van der Waals surface area contributed by atoms with Crippen molar-refractivity contribution in [3.8, 4) is 0 Å². The third kappa shape index (κ3) is 2.92. The molecular formula is C18H26N2O. The zero-order valence-electron chi connectivity index (χ0n) is 13.1. The third-order valence-electron chi connectivity index (χ3n) is 4.86. The van der Waals surface area contributed by atoms with Crippen molar-refractivity contribution < 1.29 is 4.79 Å². The lowest BCUT2D eigenvalue weighted by molar-refractivity contribution is 0.0549. The van der Waals surface area contributed by atoms with E-state index in [0.29, 0.717) is 12.1 Å². The maximum absolute atomic E-state index is 13.0. The van der Waals surface area contributed by atoms with Crippen LogP contribution in [0.15, 0.2) is 24.3 Å². The molecule has 1 amide bonds. The quantitative estimate of drug-likeness (QED) is 0.913. The van der Waals surface area contributed by atoms with E-state index in [2.05, 4.69) is 24.1 Å². The van der Waals surface area contributed by atoms with E-state index >= 15 is 0 Å². The first-order chi connectivity index (χ1) is 10.2. The van der Waals surface area contributed by atoms with Gasteiger partial charge in [0.15, 0.2) is 0 Å². The first-order valence-electron chi connectivity index (χ1n) is 8.33. The monoisotopic (exact) mass is 286 g/mol. The van der Waals surface area contributed by atoms with Crippen LogP contribution in [-0.2, 0) is 0 Å². The van der Waals surface area contributed by atoms with Crippen LogP contribution in [0.3, 0.4) is 0 Å². The van der Waals surface area contributed by atoms with E-state index in [1.807, 2.05) is 24.3 Å². The molecule has 2 aliphatic rings. The van der Waals surface area contributed by atoms with Crippen molar-refractivity contribution in [2.75, 3.05) is 11.9 Å². The molecule has 0 radical (unpaired) electrons. The number of nitrogens with zero attached hydrogens (tertiary/aromatic N) is 1. The molecule has 2 unspecified atom stereocenters. The number of carbonyl (C=O) groups excluding carboxylic acids is 1. The van der Waals surface area contributed by atoms with Crippen LogP contribution in [0.2, 0.25) is 0 Å². The highest BCUT2D eigenvalue weighted by molar-refractivity contribution is 5.99. The Kier molecular flexibility index (Phi) is 4.18. The van der Waals surface area contributed by atoms with Gasteiger partial charge in [0.25, 0.3) is 5.91 Å². The topological polar surface area (TPSA) is 32.3 Å². The molecular weight excluding hydrogens is 260 g/mol. The third-order valence-corrected chi connectivity index (χ3v) is 4.86. The van der Waals surface area contributed by atoms with Gasteiger partial charge in [-0.05, 0) is 57.6 Å². The van der Waals surface area contributed by atoms with Gasteiger partial charge in [-0.1, -0.05) is 18.6 Å². The van der Waals surface area contributed by atoms with Crippen molar-refractivity contribution in [1.29, 1.82) is 0 Å². The second-order valence-electron chi connectivity index (χ2n) is 6.74. The summed E-state index contributed by atoms with van der Waals surface area (Å²) in [6.07, 6.45) is 6.24. The summed E-state index contributed by atoms with van der Waals surface area (Å²) >= 11 is 0. The zero-order valence-corrected chi connectivity index (χ0v) is 13.1. The number of para-hydroxylation sites is 1. The molecule has 1 aliphatic heterocycles. The lowest BCUT2D eigenvalue weighted by atomic mass is 9.91. The summed E-state index contributed by atoms with van der Waals surface area (Å²) in [5.41, 5.74) is 1.80. The lowest BCUT2D eigenvalue weighted by Gasteiger charge is -2.38. The summed E-state index contributed by atoms with van der Waals surface area (Å²) in [6, 6.07) is 8.76. The fourth-order valence-corrected chi connectivity index (χ4v) is 3.97. The van der Waals surface area contributed by atoms with Gasteiger partial charge >= 0.3 is 0 Å². The number of hydrogen-bond acceptors (Lipinski definition) is 2. The number of nitrogens with one attached hydrogen (secondary N) is 1. The molecule has 1 saturated heterocycles. The van der Waals surface area contributed by atoms with Gasteiger partial charge < -0.3 is 10.2 Å². The second kappa shape index (κ2) is 6.08. The first kappa shape index (κ1) is 14.4. The molecule has 1 heterocycles. The summed E-state index contributed by atoms with van der Waals surface area (Å²) in [6.45, 7) is 5.14. The van der Waals surface area contributed by atoms with Crippen molar-refractivity contribution in [1.82, 2.24) is 4.90 Å². The smallest absolute Gasteiger partial charge is 0.256 e. The van der Waals surface area contributed by atoms with Crippen LogP contribution in [0, 0.1) is 5.92 Å². The Labute approximate surface area is 127 Å². The Balaban J connectivity index is 1.84. The maximum Gasteiger partial charge on any atom is 0.256 e. The van der Waals surface area contributed by atoms with Gasteiger partial charge in [-0.15, -0.1) is 0 Å². The minimum absolute atomic E-state index is 0.218. The van der Waals surface area contributed by atoms with Crippen LogP contribution in [-0.4, -0.2) is 29.4 Å². The summed E-state index contributed by atoms with van der Waals surface area (Å²) < 4.78 is 0. The molecule has 0 aromatic heterocycles. The molecule has 1 aromatic carbocycles. The highest BCUT2D eigenvalue weighted by Crippen LogP contribution is 2.37. The normalized spacial score (nSPS) is 25.0. The van der Waals surface area contributed by atoms with E-state index in [4.69, 9.17) is 0 Å². The van der Waals surface area contributed by atoms with Crippen molar-refractivity contribution >= 4 is 11.6 Å². The van der Waals surface area contributed by atoms with Crippen LogP contribution in [0.4, 0.5) is 5.69 Å². The average Bonchev–Trinajstić information content (AvgIpc) is 2.95. The SMILES string of the molecule is CC(C)Nc1ccccc1C(=O)N1CCCC2CCCC21. The Morgan fingerprint density at radius 1 is 1.19 bits per heavy atom. The maximum atomic E-state index is 13.0. The number of piperidine rings is 1. The van der Waals surface area contributed by atoms with E-state index in [9.17, 15) is 4.79 Å². The second-order valence-corrected chi connectivity index (χ2v) is 6.74. The van der Waals surface area contributed by atoms with Gasteiger partial charge in [-0.2, -0.15) is 0 Å². The number of amides is 1. The van der Waals surface area contributed by atoms with E-state index in [1.165, 1.54) is 25.7 Å². The van der Waals surface area contributed by atoms with Crippen LogP contribution in [0.25, 0.3) is 0 Å². The summed E-state index contributed by atoms with van der Waals surface area (Å²) in [4.78, 5) is 15.2.